The molecule has 8 nitrogen and oxygen atoms in total. The number of benzene rings is 1. The molecule has 0 amide bonds. The van der Waals surface area contributed by atoms with Crippen molar-refractivity contribution in [1.82, 2.24) is 19.4 Å². The molecule has 1 saturated heterocycles. The van der Waals surface area contributed by atoms with Crippen molar-refractivity contribution in [1.29, 1.82) is 0 Å². The van der Waals surface area contributed by atoms with Gasteiger partial charge < -0.3 is 20.6 Å². The lowest BCUT2D eigenvalue weighted by atomic mass is 10.1. The van der Waals surface area contributed by atoms with E-state index in [1.54, 1.807) is 30.1 Å². The first-order chi connectivity index (χ1) is 14.4. The fourth-order valence-electron chi connectivity index (χ4n) is 3.94. The van der Waals surface area contributed by atoms with Gasteiger partial charge in [-0.3, -0.25) is 4.57 Å². The quantitative estimate of drug-likeness (QED) is 0.405. The van der Waals surface area contributed by atoms with Gasteiger partial charge >= 0.3 is 0 Å². The molecule has 4 rings (SSSR count). The summed E-state index contributed by atoms with van der Waals surface area (Å²) in [7, 11) is 1.65. The maximum Gasteiger partial charge on any atom is 0.150 e. The number of hydrogen-bond acceptors (Lipinski definition) is 6. The highest BCUT2D eigenvalue weighted by molar-refractivity contribution is 6.45. The van der Waals surface area contributed by atoms with Gasteiger partial charge in [0.2, 0.25) is 0 Å². The fourth-order valence-corrected chi connectivity index (χ4v) is 4.34. The Bertz CT molecular complexity index is 1100. The molecule has 1 unspecified atom stereocenters. The first-order valence-electron chi connectivity index (χ1n) is 9.65. The lowest BCUT2D eigenvalue weighted by molar-refractivity contribution is -0.0394. The summed E-state index contributed by atoms with van der Waals surface area (Å²) in [4.78, 5) is 0. The smallest absolute Gasteiger partial charge is 0.150 e. The van der Waals surface area contributed by atoms with Gasteiger partial charge in [-0.2, -0.15) is 5.10 Å². The molecule has 1 aliphatic heterocycles. The van der Waals surface area contributed by atoms with Crippen molar-refractivity contribution in [2.75, 3.05) is 13.7 Å². The summed E-state index contributed by atoms with van der Waals surface area (Å²) in [5.74, 6) is 6.05. The van der Waals surface area contributed by atoms with Crippen LogP contribution < -0.4 is 11.6 Å². The van der Waals surface area contributed by atoms with Gasteiger partial charge in [-0.1, -0.05) is 29.3 Å². The molecule has 0 radical (unpaired) electrons. The molecular weight excluding hydrogens is 427 g/mol. The summed E-state index contributed by atoms with van der Waals surface area (Å²) in [5.41, 5.74) is 9.09. The van der Waals surface area contributed by atoms with Gasteiger partial charge in [0.05, 0.1) is 40.3 Å². The Hall–Kier alpha value is -2.23. The van der Waals surface area contributed by atoms with Gasteiger partial charge in [-0.25, -0.2) is 10.5 Å². The zero-order valence-corrected chi connectivity index (χ0v) is 18.1. The third-order valence-electron chi connectivity index (χ3n) is 5.21. The van der Waals surface area contributed by atoms with E-state index in [1.165, 1.54) is 5.01 Å². The van der Waals surface area contributed by atoms with Crippen molar-refractivity contribution in [3.05, 3.63) is 46.5 Å². The SMILES string of the molecule is CN(N)/C=C(\N)n1c(CO)c(-c2cnn(C3CCCCO3)c2)c2ccc(Cl)c(Cl)c21. The Labute approximate surface area is 184 Å². The molecule has 160 valence electrons. The van der Waals surface area contributed by atoms with Crippen molar-refractivity contribution in [2.45, 2.75) is 32.1 Å². The first kappa shape index (κ1) is 21.0. The fraction of sp³-hybridized carbons (Fsp3) is 0.350. The number of aliphatic hydroxyl groups excluding tert-OH is 1. The van der Waals surface area contributed by atoms with Gasteiger partial charge in [-0.15, -0.1) is 0 Å². The number of hydrazine groups is 1. The van der Waals surface area contributed by atoms with Gasteiger partial charge in [0.1, 0.15) is 12.0 Å². The molecule has 0 aliphatic carbocycles. The molecule has 2 aromatic heterocycles. The zero-order chi connectivity index (χ0) is 21.4. The molecule has 5 N–H and O–H groups in total. The molecule has 30 heavy (non-hydrogen) atoms. The van der Waals surface area contributed by atoms with Crippen molar-refractivity contribution in [3.63, 3.8) is 0 Å². The molecule has 1 aromatic carbocycles. The van der Waals surface area contributed by atoms with E-state index in [0.717, 1.165) is 42.4 Å². The van der Waals surface area contributed by atoms with Crippen LogP contribution in [0.1, 0.15) is 31.2 Å². The maximum atomic E-state index is 10.3. The molecule has 10 heteroatoms. The van der Waals surface area contributed by atoms with Crippen LogP contribution >= 0.6 is 23.2 Å². The van der Waals surface area contributed by atoms with E-state index in [2.05, 4.69) is 5.10 Å². The highest BCUT2D eigenvalue weighted by Gasteiger charge is 2.25. The zero-order valence-electron chi connectivity index (χ0n) is 16.6. The Balaban J connectivity index is 1.94. The van der Waals surface area contributed by atoms with Crippen LogP contribution in [0.3, 0.4) is 0 Å². The predicted molar refractivity (Wildman–Crippen MR) is 118 cm³/mol. The normalized spacial score (nSPS) is 17.6. The van der Waals surface area contributed by atoms with E-state index < -0.39 is 0 Å². The number of ether oxygens (including phenoxy) is 1. The topological polar surface area (TPSA) is 107 Å². The van der Waals surface area contributed by atoms with Crippen molar-refractivity contribution >= 4 is 39.9 Å². The number of fused-ring (bicyclic) bond motifs is 1. The number of rotatable bonds is 5. The monoisotopic (exact) mass is 450 g/mol. The predicted octanol–water partition coefficient (Wildman–Crippen LogP) is 3.52. The summed E-state index contributed by atoms with van der Waals surface area (Å²) >= 11 is 12.9. The Kier molecular flexibility index (Phi) is 5.95. The van der Waals surface area contributed by atoms with Crippen LogP contribution in [0, 0.1) is 0 Å². The summed E-state index contributed by atoms with van der Waals surface area (Å²) in [6.45, 7) is 0.453. The van der Waals surface area contributed by atoms with Crippen LogP contribution in [0.15, 0.2) is 30.7 Å². The standard InChI is InChI=1S/C20H24Cl2N6O2/c1-26(24)10-16(23)28-15(11-29)18(13-5-6-14(21)19(22)20(13)28)12-8-25-27(9-12)17-4-2-3-7-30-17/h5-6,8-10,17,29H,2-4,7,11,23-24H2,1H3/b16-10+. The lowest BCUT2D eigenvalue weighted by Crippen LogP contribution is -2.22. The molecule has 0 spiro atoms. The van der Waals surface area contributed by atoms with E-state index >= 15 is 0 Å². The van der Waals surface area contributed by atoms with E-state index in [-0.39, 0.29) is 12.8 Å². The van der Waals surface area contributed by atoms with Gasteiger partial charge in [0.25, 0.3) is 0 Å². The largest absolute Gasteiger partial charge is 0.390 e. The molecule has 1 atom stereocenters. The van der Waals surface area contributed by atoms with Crippen molar-refractivity contribution < 1.29 is 9.84 Å². The second-order valence-corrected chi connectivity index (χ2v) is 8.11. The molecule has 1 fully saturated rings. The van der Waals surface area contributed by atoms with Crippen LogP contribution in [0.25, 0.3) is 27.9 Å². The van der Waals surface area contributed by atoms with Crippen LogP contribution in [0.4, 0.5) is 0 Å². The maximum absolute atomic E-state index is 10.3. The number of aliphatic hydroxyl groups is 1. The van der Waals surface area contributed by atoms with Crippen LogP contribution in [0.2, 0.25) is 10.0 Å². The molecule has 0 saturated carbocycles. The Morgan fingerprint density at radius 1 is 1.40 bits per heavy atom. The average Bonchev–Trinajstić information content (AvgIpc) is 3.33. The molecular formula is C20H24Cl2N6O2. The summed E-state index contributed by atoms with van der Waals surface area (Å²) in [6.07, 6.45) is 8.21. The lowest BCUT2D eigenvalue weighted by Gasteiger charge is -2.22. The van der Waals surface area contributed by atoms with Crippen molar-refractivity contribution in [3.8, 4) is 11.1 Å². The van der Waals surface area contributed by atoms with E-state index in [9.17, 15) is 5.11 Å². The van der Waals surface area contributed by atoms with Gasteiger partial charge in [0, 0.05) is 36.4 Å². The van der Waals surface area contributed by atoms with Crippen LogP contribution in [0.5, 0.6) is 0 Å². The van der Waals surface area contributed by atoms with Crippen LogP contribution in [-0.2, 0) is 11.3 Å². The minimum atomic E-state index is -0.272. The number of nitrogens with two attached hydrogens (primary N) is 2. The number of nitrogens with zero attached hydrogens (tertiary/aromatic N) is 4. The Morgan fingerprint density at radius 3 is 2.87 bits per heavy atom. The molecule has 3 aromatic rings. The summed E-state index contributed by atoms with van der Waals surface area (Å²) in [6, 6.07) is 3.59. The number of aromatic nitrogens is 3. The average molecular weight is 451 g/mol. The van der Waals surface area contributed by atoms with Crippen LogP contribution in [-0.4, -0.2) is 38.1 Å². The van der Waals surface area contributed by atoms with E-state index in [0.29, 0.717) is 27.1 Å². The number of hydrogen-bond donors (Lipinski definition) is 3. The summed E-state index contributed by atoms with van der Waals surface area (Å²) < 4.78 is 9.34. The van der Waals surface area contributed by atoms with Gasteiger partial charge in [0.15, 0.2) is 0 Å². The second-order valence-electron chi connectivity index (χ2n) is 7.32. The number of halogens is 2. The molecule has 1 aliphatic rings. The molecule has 0 bridgehead atoms. The van der Waals surface area contributed by atoms with E-state index in [1.807, 2.05) is 16.9 Å². The minimum absolute atomic E-state index is 0.0905. The first-order valence-corrected chi connectivity index (χ1v) is 10.4. The highest BCUT2D eigenvalue weighted by Crippen LogP contribution is 2.42. The Morgan fingerprint density at radius 2 is 2.20 bits per heavy atom. The van der Waals surface area contributed by atoms with Crippen molar-refractivity contribution in [2.24, 2.45) is 11.6 Å². The minimum Gasteiger partial charge on any atom is -0.390 e. The third-order valence-corrected chi connectivity index (χ3v) is 6.00. The van der Waals surface area contributed by atoms with E-state index in [4.69, 9.17) is 39.5 Å². The summed E-state index contributed by atoms with van der Waals surface area (Å²) in [5, 5.41) is 17.7. The highest BCUT2D eigenvalue weighted by atomic mass is 35.5. The second kappa shape index (κ2) is 8.49. The molecule has 3 heterocycles. The third kappa shape index (κ3) is 3.66. The van der Waals surface area contributed by atoms with Gasteiger partial charge in [-0.05, 0) is 25.3 Å².